The molecule has 0 aliphatic heterocycles. The molecule has 2 aromatic carbocycles. The maximum absolute atomic E-state index is 12.7. The summed E-state index contributed by atoms with van der Waals surface area (Å²) >= 11 is 5.95. The second kappa shape index (κ2) is 6.45. The van der Waals surface area contributed by atoms with Gasteiger partial charge in [0, 0.05) is 22.2 Å². The number of ether oxygens (including phenoxy) is 1. The molecule has 0 saturated heterocycles. The molecule has 8 heteroatoms. The minimum Gasteiger partial charge on any atom is -0.487 e. The SMILES string of the molecule is CCOc1c(-c2ccc(C(F)(F)F)cc2Cl)cccc1[N+](=O)[O-]. The number of nitro benzene ring substituents is 1. The standard InChI is InChI=1S/C15H11ClF3NO3/c1-2-23-14-11(4-3-5-13(14)20(21)22)10-7-6-9(8-12(10)16)15(17,18)19/h3-8H,2H2,1H3. The molecule has 0 N–H and O–H groups in total. The molecule has 0 fully saturated rings. The highest BCUT2D eigenvalue weighted by Gasteiger charge is 2.31. The van der Waals surface area contributed by atoms with Crippen LogP contribution in [0.15, 0.2) is 36.4 Å². The van der Waals surface area contributed by atoms with Crippen molar-refractivity contribution in [1.82, 2.24) is 0 Å². The molecule has 0 spiro atoms. The first-order valence-corrected chi connectivity index (χ1v) is 6.90. The van der Waals surface area contributed by atoms with E-state index in [1.807, 2.05) is 0 Å². The van der Waals surface area contributed by atoms with Gasteiger partial charge in [0.15, 0.2) is 0 Å². The van der Waals surface area contributed by atoms with Crippen LogP contribution < -0.4 is 4.74 Å². The molecule has 122 valence electrons. The topological polar surface area (TPSA) is 52.4 Å². The van der Waals surface area contributed by atoms with Crippen LogP contribution in [0.4, 0.5) is 18.9 Å². The normalized spacial score (nSPS) is 11.3. The van der Waals surface area contributed by atoms with E-state index in [0.29, 0.717) is 0 Å². The number of para-hydroxylation sites is 1. The van der Waals surface area contributed by atoms with Gasteiger partial charge in [-0.1, -0.05) is 29.8 Å². The van der Waals surface area contributed by atoms with Gasteiger partial charge in [0.25, 0.3) is 0 Å². The van der Waals surface area contributed by atoms with Crippen LogP contribution in [-0.4, -0.2) is 11.5 Å². The number of hydrogen-bond acceptors (Lipinski definition) is 3. The molecule has 0 atom stereocenters. The maximum Gasteiger partial charge on any atom is 0.416 e. The monoisotopic (exact) mass is 345 g/mol. The Labute approximate surface area is 134 Å². The average Bonchev–Trinajstić information content (AvgIpc) is 2.46. The van der Waals surface area contributed by atoms with Gasteiger partial charge in [-0.3, -0.25) is 10.1 Å². The van der Waals surface area contributed by atoms with E-state index >= 15 is 0 Å². The van der Waals surface area contributed by atoms with Crippen LogP contribution in [0.2, 0.25) is 5.02 Å². The Hall–Kier alpha value is -2.28. The Balaban J connectivity index is 2.63. The highest BCUT2D eigenvalue weighted by Crippen LogP contribution is 2.42. The van der Waals surface area contributed by atoms with Gasteiger partial charge in [0.2, 0.25) is 5.75 Å². The van der Waals surface area contributed by atoms with Gasteiger partial charge >= 0.3 is 11.9 Å². The molecular formula is C15H11ClF3NO3. The van der Waals surface area contributed by atoms with E-state index < -0.39 is 16.7 Å². The molecule has 0 aliphatic carbocycles. The predicted octanol–water partition coefficient (Wildman–Crippen LogP) is 5.33. The summed E-state index contributed by atoms with van der Waals surface area (Å²) in [6.07, 6.45) is -4.52. The van der Waals surface area contributed by atoms with Crippen LogP contribution in [0.5, 0.6) is 5.75 Å². The summed E-state index contributed by atoms with van der Waals surface area (Å²) in [4.78, 5) is 10.5. The predicted molar refractivity (Wildman–Crippen MR) is 79.7 cm³/mol. The first-order chi connectivity index (χ1) is 10.8. The smallest absolute Gasteiger partial charge is 0.416 e. The third kappa shape index (κ3) is 3.56. The number of nitrogens with zero attached hydrogens (tertiary/aromatic N) is 1. The minimum atomic E-state index is -4.52. The van der Waals surface area contributed by atoms with Crippen molar-refractivity contribution in [3.8, 4) is 16.9 Å². The van der Waals surface area contributed by atoms with Crippen LogP contribution in [-0.2, 0) is 6.18 Å². The molecule has 0 radical (unpaired) electrons. The number of hydrogen-bond donors (Lipinski definition) is 0. The molecule has 0 aromatic heterocycles. The highest BCUT2D eigenvalue weighted by molar-refractivity contribution is 6.33. The molecule has 0 saturated carbocycles. The molecule has 2 rings (SSSR count). The third-order valence-corrected chi connectivity index (χ3v) is 3.38. The van der Waals surface area contributed by atoms with Crippen molar-refractivity contribution in [2.24, 2.45) is 0 Å². The fourth-order valence-electron chi connectivity index (χ4n) is 2.09. The van der Waals surface area contributed by atoms with E-state index in [0.717, 1.165) is 12.1 Å². The average molecular weight is 346 g/mol. The van der Waals surface area contributed by atoms with Crippen molar-refractivity contribution < 1.29 is 22.8 Å². The molecule has 0 unspecified atom stereocenters. The summed E-state index contributed by atoms with van der Waals surface area (Å²) in [5.41, 5.74) is -0.679. The minimum absolute atomic E-state index is 0.0262. The summed E-state index contributed by atoms with van der Waals surface area (Å²) in [5, 5.41) is 10.9. The van der Waals surface area contributed by atoms with E-state index in [1.165, 1.54) is 24.3 Å². The number of benzene rings is 2. The lowest BCUT2D eigenvalue weighted by atomic mass is 10.0. The second-order valence-corrected chi connectivity index (χ2v) is 4.94. The van der Waals surface area contributed by atoms with Crippen LogP contribution in [0.25, 0.3) is 11.1 Å². The fraction of sp³-hybridized carbons (Fsp3) is 0.200. The largest absolute Gasteiger partial charge is 0.487 e. The molecule has 23 heavy (non-hydrogen) atoms. The van der Waals surface area contributed by atoms with Gasteiger partial charge in [-0.2, -0.15) is 13.2 Å². The van der Waals surface area contributed by atoms with Crippen molar-refractivity contribution in [2.45, 2.75) is 13.1 Å². The summed E-state index contributed by atoms with van der Waals surface area (Å²) in [6.45, 7) is 1.81. The van der Waals surface area contributed by atoms with Gasteiger partial charge in [0.1, 0.15) is 0 Å². The molecule has 0 heterocycles. The van der Waals surface area contributed by atoms with E-state index in [-0.39, 0.29) is 34.2 Å². The lowest BCUT2D eigenvalue weighted by Gasteiger charge is -2.13. The Kier molecular flexibility index (Phi) is 4.79. The van der Waals surface area contributed by atoms with Gasteiger partial charge < -0.3 is 4.74 Å². The zero-order chi connectivity index (χ0) is 17.2. The first kappa shape index (κ1) is 17.1. The number of halogens is 4. The number of nitro groups is 1. The lowest BCUT2D eigenvalue weighted by molar-refractivity contribution is -0.385. The summed E-state index contributed by atoms with van der Waals surface area (Å²) in [6, 6.07) is 7.01. The molecular weight excluding hydrogens is 335 g/mol. The van der Waals surface area contributed by atoms with Crippen molar-refractivity contribution in [3.05, 3.63) is 57.1 Å². The number of rotatable bonds is 4. The van der Waals surface area contributed by atoms with Crippen molar-refractivity contribution in [2.75, 3.05) is 6.61 Å². The highest BCUT2D eigenvalue weighted by atomic mass is 35.5. The van der Waals surface area contributed by atoms with Crippen molar-refractivity contribution in [1.29, 1.82) is 0 Å². The molecule has 4 nitrogen and oxygen atoms in total. The summed E-state index contributed by atoms with van der Waals surface area (Å²) in [7, 11) is 0. The van der Waals surface area contributed by atoms with Gasteiger partial charge in [-0.15, -0.1) is 0 Å². The quantitative estimate of drug-likeness (QED) is 0.555. The molecule has 2 aromatic rings. The van der Waals surface area contributed by atoms with Crippen molar-refractivity contribution in [3.63, 3.8) is 0 Å². The zero-order valence-corrected chi connectivity index (χ0v) is 12.6. The van der Waals surface area contributed by atoms with Gasteiger partial charge in [-0.25, -0.2) is 0 Å². The molecule has 0 aliphatic rings. The summed E-state index contributed by atoms with van der Waals surface area (Å²) in [5.74, 6) is -0.0262. The molecule has 0 bridgehead atoms. The van der Waals surface area contributed by atoms with Crippen molar-refractivity contribution >= 4 is 17.3 Å². The Morgan fingerprint density at radius 1 is 1.22 bits per heavy atom. The van der Waals surface area contributed by atoms with E-state index in [9.17, 15) is 23.3 Å². The van der Waals surface area contributed by atoms with Crippen LogP contribution in [0, 0.1) is 10.1 Å². The molecule has 0 amide bonds. The van der Waals surface area contributed by atoms with Crippen LogP contribution >= 0.6 is 11.6 Å². The lowest BCUT2D eigenvalue weighted by Crippen LogP contribution is -2.05. The van der Waals surface area contributed by atoms with E-state index in [2.05, 4.69) is 0 Å². The first-order valence-electron chi connectivity index (χ1n) is 6.53. The van der Waals surface area contributed by atoms with Crippen LogP contribution in [0.1, 0.15) is 12.5 Å². The van der Waals surface area contributed by atoms with Gasteiger partial charge in [-0.05, 0) is 19.1 Å². The maximum atomic E-state index is 12.7. The van der Waals surface area contributed by atoms with Crippen LogP contribution in [0.3, 0.4) is 0 Å². The number of alkyl halides is 3. The Bertz CT molecular complexity index is 747. The fourth-order valence-corrected chi connectivity index (χ4v) is 2.37. The zero-order valence-electron chi connectivity index (χ0n) is 11.9. The van der Waals surface area contributed by atoms with E-state index in [1.54, 1.807) is 6.92 Å². The Morgan fingerprint density at radius 3 is 2.43 bits per heavy atom. The third-order valence-electron chi connectivity index (χ3n) is 3.07. The van der Waals surface area contributed by atoms with E-state index in [4.69, 9.17) is 16.3 Å². The van der Waals surface area contributed by atoms with Gasteiger partial charge in [0.05, 0.1) is 17.1 Å². The Morgan fingerprint density at radius 2 is 1.91 bits per heavy atom. The second-order valence-electron chi connectivity index (χ2n) is 4.54. The summed E-state index contributed by atoms with van der Waals surface area (Å²) < 4.78 is 43.4.